The van der Waals surface area contributed by atoms with Gasteiger partial charge in [0.1, 0.15) is 5.25 Å². The molecule has 4 aromatic carbocycles. The second-order valence-corrected chi connectivity index (χ2v) is 10.1. The molecule has 0 aliphatic heterocycles. The van der Waals surface area contributed by atoms with Gasteiger partial charge in [-0.1, -0.05) is 54.1 Å². The van der Waals surface area contributed by atoms with Gasteiger partial charge < -0.3 is 16.0 Å². The van der Waals surface area contributed by atoms with Crippen molar-refractivity contribution < 1.29 is 9.59 Å². The fraction of sp³-hybridized carbons (Fsp3) is 0.100. The van der Waals surface area contributed by atoms with E-state index < -0.39 is 5.25 Å². The largest absolute Gasteiger partial charge is 0.332 e. The summed E-state index contributed by atoms with van der Waals surface area (Å²) >= 11 is 6.95. The number of Topliss-reactive ketones (excluding diaryl/α,β-unsaturated/α-hetero) is 1. The van der Waals surface area contributed by atoms with Gasteiger partial charge in [-0.3, -0.25) is 9.59 Å². The maximum Gasteiger partial charge on any atom is 0.242 e. The van der Waals surface area contributed by atoms with Crippen LogP contribution in [0.3, 0.4) is 0 Å². The summed E-state index contributed by atoms with van der Waals surface area (Å²) in [4.78, 5) is 25.7. The summed E-state index contributed by atoms with van der Waals surface area (Å²) in [7, 11) is 0. The van der Waals surface area contributed by atoms with E-state index in [1.807, 2.05) is 97.9 Å². The normalized spacial score (nSPS) is 11.3. The molecule has 5 nitrogen and oxygen atoms in total. The minimum atomic E-state index is -0.442. The third kappa shape index (κ3) is 7.52. The lowest BCUT2D eigenvalue weighted by Gasteiger charge is -2.18. The van der Waals surface area contributed by atoms with Crippen molar-refractivity contribution in [3.05, 3.63) is 120 Å². The molecule has 4 rings (SSSR count). The fourth-order valence-corrected chi connectivity index (χ4v) is 4.93. The molecule has 0 heterocycles. The predicted octanol–water partition coefficient (Wildman–Crippen LogP) is 7.48. The van der Waals surface area contributed by atoms with Gasteiger partial charge in [0.2, 0.25) is 5.91 Å². The van der Waals surface area contributed by atoms with E-state index in [1.165, 1.54) is 18.7 Å². The lowest BCUT2D eigenvalue weighted by molar-refractivity contribution is -0.115. The molecule has 0 fully saturated rings. The zero-order valence-corrected chi connectivity index (χ0v) is 22.2. The van der Waals surface area contributed by atoms with Crippen LogP contribution < -0.4 is 16.0 Å². The number of nitrogens with one attached hydrogen (secondary N) is 3. The molecule has 0 saturated carbocycles. The molecule has 0 aliphatic carbocycles. The van der Waals surface area contributed by atoms with Crippen LogP contribution in [0, 0.1) is 6.92 Å². The summed E-state index contributed by atoms with van der Waals surface area (Å²) in [5, 5.41) is 9.35. The first-order valence-corrected chi connectivity index (χ1v) is 13.0. The van der Waals surface area contributed by atoms with E-state index in [1.54, 1.807) is 12.1 Å². The van der Waals surface area contributed by atoms with Crippen LogP contribution in [0.25, 0.3) is 0 Å². The van der Waals surface area contributed by atoms with Crippen molar-refractivity contribution >= 4 is 57.8 Å². The second-order valence-electron chi connectivity index (χ2n) is 8.50. The fourth-order valence-electron chi connectivity index (χ4n) is 3.61. The molecular formula is C30H27N3O2S2. The van der Waals surface area contributed by atoms with Crippen LogP contribution >= 0.6 is 24.0 Å². The molecule has 186 valence electrons. The molecule has 0 radical (unpaired) electrons. The van der Waals surface area contributed by atoms with E-state index in [4.69, 9.17) is 12.2 Å². The standard InChI is InChI=1S/C30H27N3O2S2/c1-20-11-15-24(16-12-20)31-29(35)28(23-7-4-3-5-8-23)37-27-10-6-9-26(19-27)33-30(36)32-25-17-13-22(14-18-25)21(2)34/h3-19,28H,1-2H3,(H,31,35)(H2,32,33,36). The number of carbonyl (C=O) groups is 2. The van der Waals surface area contributed by atoms with Gasteiger partial charge in [-0.25, -0.2) is 0 Å². The second kappa shape index (κ2) is 12.3. The van der Waals surface area contributed by atoms with E-state index in [0.29, 0.717) is 10.7 Å². The van der Waals surface area contributed by atoms with Crippen LogP contribution in [0.15, 0.2) is 108 Å². The van der Waals surface area contributed by atoms with E-state index in [-0.39, 0.29) is 11.7 Å². The van der Waals surface area contributed by atoms with Gasteiger partial charge in [0, 0.05) is 27.5 Å². The monoisotopic (exact) mass is 525 g/mol. The van der Waals surface area contributed by atoms with Crippen molar-refractivity contribution in [1.82, 2.24) is 0 Å². The Balaban J connectivity index is 1.46. The smallest absolute Gasteiger partial charge is 0.242 e. The third-order valence-electron chi connectivity index (χ3n) is 5.55. The van der Waals surface area contributed by atoms with Crippen LogP contribution in [-0.4, -0.2) is 16.8 Å². The van der Waals surface area contributed by atoms with Crippen LogP contribution in [-0.2, 0) is 4.79 Å². The molecule has 0 bridgehead atoms. The van der Waals surface area contributed by atoms with Crippen LogP contribution in [0.4, 0.5) is 17.1 Å². The first-order chi connectivity index (χ1) is 17.9. The van der Waals surface area contributed by atoms with Crippen LogP contribution in [0.2, 0.25) is 0 Å². The van der Waals surface area contributed by atoms with E-state index in [2.05, 4.69) is 16.0 Å². The Morgan fingerprint density at radius 1 is 0.730 bits per heavy atom. The zero-order chi connectivity index (χ0) is 26.2. The molecular weight excluding hydrogens is 498 g/mol. The van der Waals surface area contributed by atoms with Crippen molar-refractivity contribution in [2.24, 2.45) is 0 Å². The zero-order valence-electron chi connectivity index (χ0n) is 20.5. The van der Waals surface area contributed by atoms with E-state index >= 15 is 0 Å². The highest BCUT2D eigenvalue weighted by Crippen LogP contribution is 2.37. The Hall–Kier alpha value is -3.94. The first-order valence-electron chi connectivity index (χ1n) is 11.8. The molecule has 7 heteroatoms. The molecule has 4 aromatic rings. The predicted molar refractivity (Wildman–Crippen MR) is 158 cm³/mol. The molecule has 0 aromatic heterocycles. The molecule has 0 aliphatic rings. The summed E-state index contributed by atoms with van der Waals surface area (Å²) in [5.41, 5.74) is 5.05. The number of carbonyl (C=O) groups excluding carboxylic acids is 2. The van der Waals surface area contributed by atoms with Crippen molar-refractivity contribution in [3.63, 3.8) is 0 Å². The minimum Gasteiger partial charge on any atom is -0.332 e. The number of ketones is 1. The van der Waals surface area contributed by atoms with Gasteiger partial charge in [0.25, 0.3) is 0 Å². The third-order valence-corrected chi connectivity index (χ3v) is 7.01. The van der Waals surface area contributed by atoms with Crippen molar-refractivity contribution in [3.8, 4) is 0 Å². The van der Waals surface area contributed by atoms with Gasteiger partial charge in [0.05, 0.1) is 0 Å². The van der Waals surface area contributed by atoms with Crippen LogP contribution in [0.5, 0.6) is 0 Å². The molecule has 1 amide bonds. The molecule has 37 heavy (non-hydrogen) atoms. The topological polar surface area (TPSA) is 70.2 Å². The number of thioether (sulfide) groups is 1. The Morgan fingerprint density at radius 3 is 2.03 bits per heavy atom. The maximum absolute atomic E-state index is 13.3. The number of benzene rings is 4. The first kappa shape index (κ1) is 26.1. The number of rotatable bonds is 8. The van der Waals surface area contributed by atoms with Gasteiger partial charge in [-0.05, 0) is 86.2 Å². The summed E-state index contributed by atoms with van der Waals surface area (Å²) in [5.74, 6) is -0.0764. The Labute approximate surface area is 226 Å². The van der Waals surface area contributed by atoms with Gasteiger partial charge in [0.15, 0.2) is 10.9 Å². The van der Waals surface area contributed by atoms with Gasteiger partial charge in [-0.2, -0.15) is 0 Å². The van der Waals surface area contributed by atoms with Gasteiger partial charge in [-0.15, -0.1) is 11.8 Å². The highest BCUT2D eigenvalue weighted by molar-refractivity contribution is 8.00. The number of amides is 1. The minimum absolute atomic E-state index is 0.0166. The molecule has 0 saturated heterocycles. The maximum atomic E-state index is 13.3. The van der Waals surface area contributed by atoms with Gasteiger partial charge >= 0.3 is 0 Å². The lowest BCUT2D eigenvalue weighted by Crippen LogP contribution is -2.19. The number of aryl methyl sites for hydroxylation is 1. The van der Waals surface area contributed by atoms with E-state index in [9.17, 15) is 9.59 Å². The highest BCUT2D eigenvalue weighted by Gasteiger charge is 2.22. The number of hydrogen-bond acceptors (Lipinski definition) is 4. The quantitative estimate of drug-likeness (QED) is 0.126. The molecule has 0 spiro atoms. The SMILES string of the molecule is CC(=O)c1ccc(NC(=S)Nc2cccc(SC(C(=O)Nc3ccc(C)cc3)c3ccccc3)c2)cc1. The molecule has 1 atom stereocenters. The van der Waals surface area contributed by atoms with Crippen molar-refractivity contribution in [1.29, 1.82) is 0 Å². The Bertz CT molecular complexity index is 1390. The highest BCUT2D eigenvalue weighted by atomic mass is 32.2. The average Bonchev–Trinajstić information content (AvgIpc) is 2.89. The van der Waals surface area contributed by atoms with E-state index in [0.717, 1.165) is 33.1 Å². The number of anilines is 3. The number of hydrogen-bond donors (Lipinski definition) is 3. The summed E-state index contributed by atoms with van der Waals surface area (Å²) in [6.45, 7) is 3.55. The Morgan fingerprint density at radius 2 is 1.35 bits per heavy atom. The average molecular weight is 526 g/mol. The lowest BCUT2D eigenvalue weighted by atomic mass is 10.1. The summed E-state index contributed by atoms with van der Waals surface area (Å²) in [6, 6.07) is 32.4. The summed E-state index contributed by atoms with van der Waals surface area (Å²) < 4.78 is 0. The molecule has 1 unspecified atom stereocenters. The Kier molecular flexibility index (Phi) is 8.72. The number of thiocarbonyl (C=S) groups is 1. The summed E-state index contributed by atoms with van der Waals surface area (Å²) in [6.07, 6.45) is 0. The van der Waals surface area contributed by atoms with Crippen molar-refractivity contribution in [2.45, 2.75) is 24.0 Å². The van der Waals surface area contributed by atoms with Crippen molar-refractivity contribution in [2.75, 3.05) is 16.0 Å². The van der Waals surface area contributed by atoms with Crippen LogP contribution in [0.1, 0.15) is 33.7 Å². The molecule has 3 N–H and O–H groups in total.